The summed E-state index contributed by atoms with van der Waals surface area (Å²) in [5.41, 5.74) is 1.03. The van der Waals surface area contributed by atoms with Crippen LogP contribution in [0.3, 0.4) is 0 Å². The molecule has 37 heavy (non-hydrogen) atoms. The van der Waals surface area contributed by atoms with E-state index < -0.39 is 17.4 Å². The van der Waals surface area contributed by atoms with E-state index in [0.717, 1.165) is 48.4 Å². The zero-order valence-electron chi connectivity index (χ0n) is 20.9. The highest BCUT2D eigenvalue weighted by Gasteiger charge is 2.55. The number of carbonyl (C=O) groups excluding carboxylic acids is 2. The molecule has 4 heterocycles. The van der Waals surface area contributed by atoms with Crippen LogP contribution < -0.4 is 5.32 Å². The number of carbonyl (C=O) groups is 2. The highest BCUT2D eigenvalue weighted by molar-refractivity contribution is 6.40. The Labute approximate surface area is 213 Å². The molecule has 4 bridgehead atoms. The highest BCUT2D eigenvalue weighted by atomic mass is 16.5. The second-order valence-corrected chi connectivity index (χ2v) is 11.4. The number of hydrogen-bond donors (Lipinski definition) is 3. The molecular formula is C26H32N6O5. The molecule has 5 aliphatic rings. The summed E-state index contributed by atoms with van der Waals surface area (Å²) in [6.07, 6.45) is 7.92. The number of methoxy groups -OCH3 is 1. The van der Waals surface area contributed by atoms with Gasteiger partial charge in [-0.3, -0.25) is 19.4 Å². The van der Waals surface area contributed by atoms with Gasteiger partial charge in [-0.25, -0.2) is 9.97 Å². The van der Waals surface area contributed by atoms with E-state index in [9.17, 15) is 14.7 Å². The molecule has 3 N–H and O–H groups in total. The second kappa shape index (κ2) is 8.50. The molecule has 1 saturated heterocycles. The number of nitrogens with zero attached hydrogens (tertiary/aromatic N) is 4. The van der Waals surface area contributed by atoms with E-state index in [0.29, 0.717) is 55.5 Å². The first-order chi connectivity index (χ1) is 17.9. The van der Waals surface area contributed by atoms with Crippen LogP contribution in [0.5, 0.6) is 0 Å². The Balaban J connectivity index is 1.23. The number of amides is 2. The van der Waals surface area contributed by atoms with Crippen LogP contribution in [0.15, 0.2) is 18.5 Å². The van der Waals surface area contributed by atoms with Crippen LogP contribution >= 0.6 is 0 Å². The first kappa shape index (κ1) is 23.1. The average molecular weight is 509 g/mol. The third kappa shape index (κ3) is 3.74. The Hall–Kier alpha value is -3.02. The van der Waals surface area contributed by atoms with Gasteiger partial charge < -0.3 is 24.8 Å². The molecule has 6 atom stereocenters. The third-order valence-electron chi connectivity index (χ3n) is 8.95. The van der Waals surface area contributed by atoms with Gasteiger partial charge in [0.25, 0.3) is 0 Å². The number of hydrogen-bond acceptors (Lipinski definition) is 7. The number of pyridine rings is 1. The van der Waals surface area contributed by atoms with Crippen molar-refractivity contribution in [2.75, 3.05) is 38.7 Å². The zero-order valence-corrected chi connectivity index (χ0v) is 20.9. The molecule has 0 spiro atoms. The van der Waals surface area contributed by atoms with Gasteiger partial charge in [0.1, 0.15) is 5.82 Å². The first-order valence-electron chi connectivity index (χ1n) is 13.2. The molecule has 196 valence electrons. The van der Waals surface area contributed by atoms with Crippen LogP contribution in [0.25, 0.3) is 21.9 Å². The number of rotatable bonds is 4. The maximum absolute atomic E-state index is 13.1. The van der Waals surface area contributed by atoms with Crippen LogP contribution in [0.2, 0.25) is 0 Å². The lowest BCUT2D eigenvalue weighted by molar-refractivity contribution is -0.149. The van der Waals surface area contributed by atoms with Gasteiger partial charge in [-0.1, -0.05) is 0 Å². The van der Waals surface area contributed by atoms with E-state index in [-0.39, 0.29) is 12.1 Å². The van der Waals surface area contributed by atoms with Crippen LogP contribution in [0.4, 0.5) is 5.82 Å². The summed E-state index contributed by atoms with van der Waals surface area (Å²) in [4.78, 5) is 36.6. The van der Waals surface area contributed by atoms with Crippen molar-refractivity contribution in [3.63, 3.8) is 0 Å². The number of morpholine rings is 1. The Bertz CT molecular complexity index is 1360. The SMILES string of the molecule is COC[C@H]1CN(C(=O)C(=O)Nc2[nH]n(C3[C@@H]4CC5C[C@H]3CC(O)(C5)C4)c3c2cnc2nccc23)CCO1. The zero-order chi connectivity index (χ0) is 25.3. The van der Waals surface area contributed by atoms with E-state index in [2.05, 4.69) is 25.1 Å². The summed E-state index contributed by atoms with van der Waals surface area (Å²) < 4.78 is 12.9. The lowest BCUT2D eigenvalue weighted by atomic mass is 9.52. The topological polar surface area (TPSA) is 135 Å². The number of anilines is 1. The predicted octanol–water partition coefficient (Wildman–Crippen LogP) is 1.84. The molecule has 3 aromatic rings. The molecule has 11 heteroatoms. The van der Waals surface area contributed by atoms with Crippen molar-refractivity contribution in [1.29, 1.82) is 0 Å². The molecule has 3 unspecified atom stereocenters. The highest BCUT2D eigenvalue weighted by Crippen LogP contribution is 2.60. The van der Waals surface area contributed by atoms with Gasteiger partial charge in [-0.2, -0.15) is 0 Å². The molecule has 5 fully saturated rings. The van der Waals surface area contributed by atoms with E-state index in [1.807, 2.05) is 6.07 Å². The average Bonchev–Trinajstić information content (AvgIpc) is 3.47. The number of aromatic amines is 1. The molecule has 4 saturated carbocycles. The minimum atomic E-state index is -0.700. The molecular weight excluding hydrogens is 476 g/mol. The molecule has 4 aliphatic carbocycles. The number of nitrogens with one attached hydrogen (secondary N) is 2. The molecule has 1 aliphatic heterocycles. The number of aromatic nitrogens is 4. The lowest BCUT2D eigenvalue weighted by Gasteiger charge is -2.58. The molecule has 0 aromatic carbocycles. The normalized spacial score (nSPS) is 32.9. The molecule has 2 amide bonds. The van der Waals surface area contributed by atoms with Crippen molar-refractivity contribution < 1.29 is 24.2 Å². The third-order valence-corrected chi connectivity index (χ3v) is 8.95. The summed E-state index contributed by atoms with van der Waals surface area (Å²) in [6, 6.07) is 2.12. The summed E-state index contributed by atoms with van der Waals surface area (Å²) in [5, 5.41) is 19.1. The number of H-pyrrole nitrogens is 1. The maximum Gasteiger partial charge on any atom is 0.315 e. The Morgan fingerprint density at radius 1 is 1.24 bits per heavy atom. The smallest absolute Gasteiger partial charge is 0.315 e. The first-order valence-corrected chi connectivity index (χ1v) is 13.2. The summed E-state index contributed by atoms with van der Waals surface area (Å²) >= 11 is 0. The van der Waals surface area contributed by atoms with Gasteiger partial charge in [0.15, 0.2) is 5.65 Å². The lowest BCUT2D eigenvalue weighted by Crippen LogP contribution is -2.55. The van der Waals surface area contributed by atoms with E-state index in [4.69, 9.17) is 9.47 Å². The quantitative estimate of drug-likeness (QED) is 0.458. The summed E-state index contributed by atoms with van der Waals surface area (Å²) in [7, 11) is 1.58. The Kier molecular flexibility index (Phi) is 5.31. The van der Waals surface area contributed by atoms with Crippen LogP contribution in [0.1, 0.15) is 38.1 Å². The largest absolute Gasteiger partial charge is 0.390 e. The monoisotopic (exact) mass is 508 g/mol. The maximum atomic E-state index is 13.1. The van der Waals surface area contributed by atoms with Gasteiger partial charge in [-0.05, 0) is 55.9 Å². The van der Waals surface area contributed by atoms with Crippen LogP contribution in [-0.4, -0.2) is 86.7 Å². The minimum absolute atomic E-state index is 0.176. The fraction of sp³-hybridized carbons (Fsp3) is 0.615. The van der Waals surface area contributed by atoms with Gasteiger partial charge in [-0.15, -0.1) is 0 Å². The van der Waals surface area contributed by atoms with Gasteiger partial charge in [0.05, 0.1) is 41.9 Å². The van der Waals surface area contributed by atoms with Crippen LogP contribution in [-0.2, 0) is 19.1 Å². The van der Waals surface area contributed by atoms with E-state index in [1.165, 1.54) is 4.90 Å². The van der Waals surface area contributed by atoms with Crippen molar-refractivity contribution in [3.05, 3.63) is 18.5 Å². The Morgan fingerprint density at radius 3 is 2.81 bits per heavy atom. The fourth-order valence-electron chi connectivity index (χ4n) is 7.82. The molecule has 3 aromatic heterocycles. The Morgan fingerprint density at radius 2 is 2.05 bits per heavy atom. The predicted molar refractivity (Wildman–Crippen MR) is 134 cm³/mol. The van der Waals surface area contributed by atoms with E-state index in [1.54, 1.807) is 19.5 Å². The fourth-order valence-corrected chi connectivity index (χ4v) is 7.82. The van der Waals surface area contributed by atoms with Crippen molar-refractivity contribution in [1.82, 2.24) is 24.6 Å². The number of fused-ring (bicyclic) bond motifs is 3. The van der Waals surface area contributed by atoms with Gasteiger partial charge in [0.2, 0.25) is 0 Å². The molecule has 8 rings (SSSR count). The van der Waals surface area contributed by atoms with E-state index >= 15 is 0 Å². The van der Waals surface area contributed by atoms with Crippen molar-refractivity contribution in [2.45, 2.75) is 49.9 Å². The minimum Gasteiger partial charge on any atom is -0.390 e. The summed E-state index contributed by atoms with van der Waals surface area (Å²) in [5.74, 6) is 0.442. The van der Waals surface area contributed by atoms with Gasteiger partial charge >= 0.3 is 11.8 Å². The molecule has 11 nitrogen and oxygen atoms in total. The number of ether oxygens (including phenoxy) is 2. The number of aliphatic hydroxyl groups is 1. The second-order valence-electron chi connectivity index (χ2n) is 11.4. The van der Waals surface area contributed by atoms with Crippen LogP contribution in [0, 0.1) is 17.8 Å². The van der Waals surface area contributed by atoms with Crippen molar-refractivity contribution in [3.8, 4) is 0 Å². The van der Waals surface area contributed by atoms with Crippen molar-refractivity contribution >= 4 is 39.6 Å². The van der Waals surface area contributed by atoms with Crippen molar-refractivity contribution in [2.24, 2.45) is 17.8 Å². The standard InChI is InChI=1S/C26H32N6O5/c1-36-13-17-12-31(4-5-37-17)25(34)24(33)29-23-19-11-28-22-18(2-3-27-22)21(19)32(30-23)20-15-6-14-7-16(20)10-26(35,8-14)9-15/h2-3,11,14-17,20,30,35H,4-10,12-13H2,1H3,(H,29,33)/t14?,15-,16+,17-,20?,26?/m1/s1. The van der Waals surface area contributed by atoms with Gasteiger partial charge in [0, 0.05) is 38.0 Å². The summed E-state index contributed by atoms with van der Waals surface area (Å²) in [6.45, 7) is 1.39. The molecule has 0 radical (unpaired) electrons.